The number of hydrogen-bond acceptors (Lipinski definition) is 3. The fraction of sp³-hybridized carbons (Fsp3) is 0.571. The van der Waals surface area contributed by atoms with E-state index in [9.17, 15) is 4.79 Å². The zero-order valence-corrected chi connectivity index (χ0v) is 11.0. The molecule has 1 aromatic rings. The second-order valence-electron chi connectivity index (χ2n) is 4.49. The molecule has 18 heavy (non-hydrogen) atoms. The molecular weight excluding hydrogens is 228 g/mol. The molecule has 0 aliphatic rings. The van der Waals surface area contributed by atoms with Gasteiger partial charge in [-0.1, -0.05) is 25.8 Å². The molecule has 0 spiro atoms. The maximum atomic E-state index is 10.6. The number of rotatable bonds is 9. The quantitative estimate of drug-likeness (QED) is 0.684. The fourth-order valence-corrected chi connectivity index (χ4v) is 1.86. The summed E-state index contributed by atoms with van der Waals surface area (Å²) in [6.07, 6.45) is 7.29. The number of aromatic nitrogens is 1. The van der Waals surface area contributed by atoms with Gasteiger partial charge in [0.1, 0.15) is 0 Å². The SMILES string of the molecule is CCCCCN(CCC(=O)O)Cc1cccnc1. The van der Waals surface area contributed by atoms with Crippen molar-refractivity contribution < 1.29 is 9.90 Å². The summed E-state index contributed by atoms with van der Waals surface area (Å²) in [7, 11) is 0. The van der Waals surface area contributed by atoms with E-state index in [1.54, 1.807) is 6.20 Å². The molecule has 0 aliphatic carbocycles. The third kappa shape index (κ3) is 6.35. The first-order valence-corrected chi connectivity index (χ1v) is 6.55. The van der Waals surface area contributed by atoms with Gasteiger partial charge in [0.25, 0.3) is 0 Å². The van der Waals surface area contributed by atoms with Crippen molar-refractivity contribution >= 4 is 5.97 Å². The summed E-state index contributed by atoms with van der Waals surface area (Å²) in [6.45, 7) is 4.51. The van der Waals surface area contributed by atoms with E-state index in [-0.39, 0.29) is 6.42 Å². The molecule has 0 aromatic carbocycles. The van der Waals surface area contributed by atoms with Gasteiger partial charge < -0.3 is 5.11 Å². The van der Waals surface area contributed by atoms with Crippen molar-refractivity contribution in [3.8, 4) is 0 Å². The van der Waals surface area contributed by atoms with Crippen molar-refractivity contribution in [2.75, 3.05) is 13.1 Å². The van der Waals surface area contributed by atoms with Crippen molar-refractivity contribution in [3.05, 3.63) is 30.1 Å². The highest BCUT2D eigenvalue weighted by Gasteiger charge is 2.08. The molecular formula is C14H22N2O2. The molecule has 1 rings (SSSR count). The first kappa shape index (κ1) is 14.6. The van der Waals surface area contributed by atoms with Crippen LogP contribution in [0.4, 0.5) is 0 Å². The third-order valence-corrected chi connectivity index (χ3v) is 2.85. The molecule has 0 radical (unpaired) electrons. The normalized spacial score (nSPS) is 10.8. The highest BCUT2D eigenvalue weighted by Crippen LogP contribution is 2.06. The summed E-state index contributed by atoms with van der Waals surface area (Å²) in [5, 5.41) is 8.76. The standard InChI is InChI=1S/C14H22N2O2/c1-2-3-4-9-16(10-7-14(17)18)12-13-6-5-8-15-11-13/h5-6,8,11H,2-4,7,9-10,12H2,1H3,(H,17,18). The Morgan fingerprint density at radius 3 is 2.83 bits per heavy atom. The van der Waals surface area contributed by atoms with Gasteiger partial charge in [0.15, 0.2) is 0 Å². The van der Waals surface area contributed by atoms with Gasteiger partial charge >= 0.3 is 5.97 Å². The van der Waals surface area contributed by atoms with E-state index in [0.717, 1.165) is 25.1 Å². The predicted octanol–water partition coefficient (Wildman–Crippen LogP) is 2.55. The first-order valence-electron chi connectivity index (χ1n) is 6.55. The molecule has 0 atom stereocenters. The smallest absolute Gasteiger partial charge is 0.304 e. The number of nitrogens with zero attached hydrogens (tertiary/aromatic N) is 2. The van der Waals surface area contributed by atoms with Crippen molar-refractivity contribution in [2.45, 2.75) is 39.2 Å². The minimum atomic E-state index is -0.735. The lowest BCUT2D eigenvalue weighted by Gasteiger charge is -2.21. The van der Waals surface area contributed by atoms with Crippen LogP contribution in [-0.2, 0) is 11.3 Å². The molecule has 1 heterocycles. The Bertz CT molecular complexity index is 341. The topological polar surface area (TPSA) is 53.4 Å². The summed E-state index contributed by atoms with van der Waals surface area (Å²) in [4.78, 5) is 16.9. The lowest BCUT2D eigenvalue weighted by Crippen LogP contribution is -2.27. The highest BCUT2D eigenvalue weighted by molar-refractivity contribution is 5.66. The van der Waals surface area contributed by atoms with E-state index < -0.39 is 5.97 Å². The molecule has 0 amide bonds. The number of hydrogen-bond donors (Lipinski definition) is 1. The number of aliphatic carboxylic acids is 1. The van der Waals surface area contributed by atoms with Gasteiger partial charge in [-0.3, -0.25) is 14.7 Å². The maximum absolute atomic E-state index is 10.6. The van der Waals surface area contributed by atoms with Crippen molar-refractivity contribution in [1.82, 2.24) is 9.88 Å². The Morgan fingerprint density at radius 2 is 2.22 bits per heavy atom. The first-order chi connectivity index (χ1) is 8.72. The molecule has 4 heteroatoms. The largest absolute Gasteiger partial charge is 0.481 e. The van der Waals surface area contributed by atoms with Gasteiger partial charge in [-0.15, -0.1) is 0 Å². The molecule has 1 N–H and O–H groups in total. The van der Waals surface area contributed by atoms with Crippen LogP contribution in [0, 0.1) is 0 Å². The zero-order chi connectivity index (χ0) is 13.2. The minimum absolute atomic E-state index is 0.201. The Balaban J connectivity index is 2.45. The molecule has 100 valence electrons. The van der Waals surface area contributed by atoms with E-state index >= 15 is 0 Å². The number of pyridine rings is 1. The van der Waals surface area contributed by atoms with Crippen LogP contribution in [0.25, 0.3) is 0 Å². The highest BCUT2D eigenvalue weighted by atomic mass is 16.4. The second kappa shape index (κ2) is 8.64. The Labute approximate surface area is 109 Å². The number of carboxylic acid groups (broad SMARTS) is 1. The van der Waals surface area contributed by atoms with Gasteiger partial charge in [0.05, 0.1) is 6.42 Å². The van der Waals surface area contributed by atoms with Crippen LogP contribution in [-0.4, -0.2) is 34.0 Å². The Kier molecular flexibility index (Phi) is 7.03. The molecule has 0 bridgehead atoms. The van der Waals surface area contributed by atoms with Crippen molar-refractivity contribution in [1.29, 1.82) is 0 Å². The van der Waals surface area contributed by atoms with Crippen LogP contribution in [0.5, 0.6) is 0 Å². The predicted molar refractivity (Wildman–Crippen MR) is 71.3 cm³/mol. The summed E-state index contributed by atoms with van der Waals surface area (Å²) < 4.78 is 0. The van der Waals surface area contributed by atoms with Crippen molar-refractivity contribution in [2.24, 2.45) is 0 Å². The van der Waals surface area contributed by atoms with Crippen LogP contribution in [0.1, 0.15) is 38.2 Å². The van der Waals surface area contributed by atoms with Crippen LogP contribution in [0.3, 0.4) is 0 Å². The van der Waals surface area contributed by atoms with E-state index in [1.165, 1.54) is 12.8 Å². The molecule has 0 saturated carbocycles. The van der Waals surface area contributed by atoms with Crippen molar-refractivity contribution in [3.63, 3.8) is 0 Å². The maximum Gasteiger partial charge on any atom is 0.304 e. The molecule has 0 fully saturated rings. The van der Waals surface area contributed by atoms with E-state index in [2.05, 4.69) is 16.8 Å². The van der Waals surface area contributed by atoms with Crippen LogP contribution < -0.4 is 0 Å². The average molecular weight is 250 g/mol. The lowest BCUT2D eigenvalue weighted by molar-refractivity contribution is -0.137. The Morgan fingerprint density at radius 1 is 1.39 bits per heavy atom. The molecule has 4 nitrogen and oxygen atoms in total. The monoisotopic (exact) mass is 250 g/mol. The van der Waals surface area contributed by atoms with Gasteiger partial charge in [0, 0.05) is 25.5 Å². The number of carbonyl (C=O) groups is 1. The Hall–Kier alpha value is -1.42. The van der Waals surface area contributed by atoms with Gasteiger partial charge in [-0.05, 0) is 24.6 Å². The van der Waals surface area contributed by atoms with Gasteiger partial charge in [0.2, 0.25) is 0 Å². The van der Waals surface area contributed by atoms with E-state index in [1.807, 2.05) is 18.3 Å². The van der Waals surface area contributed by atoms with Crippen LogP contribution in [0.15, 0.2) is 24.5 Å². The molecule has 1 aromatic heterocycles. The fourth-order valence-electron chi connectivity index (χ4n) is 1.86. The summed E-state index contributed by atoms with van der Waals surface area (Å²) in [5.41, 5.74) is 1.14. The van der Waals surface area contributed by atoms with Crippen LogP contribution >= 0.6 is 0 Å². The third-order valence-electron chi connectivity index (χ3n) is 2.85. The van der Waals surface area contributed by atoms with Crippen LogP contribution in [0.2, 0.25) is 0 Å². The summed E-state index contributed by atoms with van der Waals surface area (Å²) >= 11 is 0. The molecule has 0 unspecified atom stereocenters. The lowest BCUT2D eigenvalue weighted by atomic mass is 10.2. The second-order valence-corrected chi connectivity index (χ2v) is 4.49. The molecule has 0 saturated heterocycles. The van der Waals surface area contributed by atoms with Gasteiger partial charge in [-0.25, -0.2) is 0 Å². The van der Waals surface area contributed by atoms with Gasteiger partial charge in [-0.2, -0.15) is 0 Å². The average Bonchev–Trinajstić information content (AvgIpc) is 2.37. The minimum Gasteiger partial charge on any atom is -0.481 e. The number of unbranched alkanes of at least 4 members (excludes halogenated alkanes) is 2. The van der Waals surface area contributed by atoms with E-state index in [0.29, 0.717) is 6.54 Å². The summed E-state index contributed by atoms with van der Waals surface area (Å²) in [6, 6.07) is 3.94. The zero-order valence-electron chi connectivity index (χ0n) is 11.0. The number of carboxylic acids is 1. The van der Waals surface area contributed by atoms with E-state index in [4.69, 9.17) is 5.11 Å². The molecule has 0 aliphatic heterocycles. The summed E-state index contributed by atoms with van der Waals surface area (Å²) in [5.74, 6) is -0.735.